The number of carbonyl (C=O) groups excluding carboxylic acids is 3. The van der Waals surface area contributed by atoms with Crippen LogP contribution in [0.3, 0.4) is 0 Å². The lowest BCUT2D eigenvalue weighted by Crippen LogP contribution is -2.46. The fourth-order valence-corrected chi connectivity index (χ4v) is 5.68. The first-order valence-corrected chi connectivity index (χ1v) is 12.6. The number of rotatable bonds is 5. The molecule has 0 spiro atoms. The van der Waals surface area contributed by atoms with Crippen molar-refractivity contribution < 1.29 is 32.6 Å². The summed E-state index contributed by atoms with van der Waals surface area (Å²) in [5, 5.41) is 0. The molecule has 2 aliphatic rings. The van der Waals surface area contributed by atoms with Crippen molar-refractivity contribution >= 4 is 23.4 Å². The zero-order chi connectivity index (χ0) is 28.6. The first-order chi connectivity index (χ1) is 19.3. The number of benzene rings is 3. The molecule has 0 unspecified atom stereocenters. The van der Waals surface area contributed by atoms with Crippen molar-refractivity contribution in [1.82, 2.24) is 0 Å². The fourth-order valence-electron chi connectivity index (χ4n) is 5.68. The van der Waals surface area contributed by atoms with Crippen LogP contribution in [0.1, 0.15) is 29.4 Å². The molecule has 0 radical (unpaired) electrons. The van der Waals surface area contributed by atoms with Crippen LogP contribution in [-0.4, -0.2) is 31.9 Å². The molecule has 3 atom stereocenters. The van der Waals surface area contributed by atoms with E-state index >= 15 is 8.78 Å². The number of anilines is 1. The summed E-state index contributed by atoms with van der Waals surface area (Å²) in [6.07, 6.45) is 0.0410. The Morgan fingerprint density at radius 3 is 2.12 bits per heavy atom. The summed E-state index contributed by atoms with van der Waals surface area (Å²) in [5.74, 6) is -7.27. The highest BCUT2D eigenvalue weighted by molar-refractivity contribution is 6.14. The van der Waals surface area contributed by atoms with Crippen molar-refractivity contribution in [3.8, 4) is 0 Å². The van der Waals surface area contributed by atoms with Crippen LogP contribution in [0.25, 0.3) is 0 Å². The standard InChI is InChI=1S/C31H26F2N2O5/c1-39-30(37)25-19(17-10-4-3-5-11-17)16-23-26(28(25)36)24(18-12-6-7-13-20(18)32)27(31(38)40-2)29(34)35(23)22-15-9-8-14-21(22)33/h3-15,19,24-25H,16,34H2,1-2H3/t19-,24+,25+/m0/s1. The summed E-state index contributed by atoms with van der Waals surface area (Å²) >= 11 is 0. The molecule has 5 rings (SSSR count). The molecule has 1 aliphatic heterocycles. The summed E-state index contributed by atoms with van der Waals surface area (Å²) in [7, 11) is 2.31. The molecule has 0 saturated heterocycles. The van der Waals surface area contributed by atoms with Crippen LogP contribution in [0, 0.1) is 17.6 Å². The summed E-state index contributed by atoms with van der Waals surface area (Å²) in [6, 6.07) is 20.3. The van der Waals surface area contributed by atoms with Gasteiger partial charge in [-0.15, -0.1) is 0 Å². The number of ketones is 1. The van der Waals surface area contributed by atoms with Crippen LogP contribution in [0.5, 0.6) is 0 Å². The number of nitrogens with zero attached hydrogens (tertiary/aromatic N) is 1. The van der Waals surface area contributed by atoms with Gasteiger partial charge in [0.15, 0.2) is 5.78 Å². The Bertz CT molecular complexity index is 1570. The smallest absolute Gasteiger partial charge is 0.338 e. The highest BCUT2D eigenvalue weighted by atomic mass is 19.1. The Morgan fingerprint density at radius 1 is 0.875 bits per heavy atom. The van der Waals surface area contributed by atoms with E-state index in [9.17, 15) is 14.4 Å². The van der Waals surface area contributed by atoms with Gasteiger partial charge in [-0.2, -0.15) is 0 Å². The predicted octanol–water partition coefficient (Wildman–Crippen LogP) is 4.71. The number of hydrogen-bond acceptors (Lipinski definition) is 7. The van der Waals surface area contributed by atoms with Crippen LogP contribution in [0.4, 0.5) is 14.5 Å². The molecule has 1 aliphatic carbocycles. The Balaban J connectivity index is 1.86. The highest BCUT2D eigenvalue weighted by Crippen LogP contribution is 2.52. The van der Waals surface area contributed by atoms with E-state index in [1.54, 1.807) is 42.5 Å². The maximum atomic E-state index is 15.4. The first kappa shape index (κ1) is 26.8. The number of para-hydroxylation sites is 1. The normalized spacial score (nSPS) is 20.8. The van der Waals surface area contributed by atoms with Crippen LogP contribution in [0.15, 0.2) is 102 Å². The molecule has 1 heterocycles. The molecule has 3 aromatic carbocycles. The van der Waals surface area contributed by atoms with Gasteiger partial charge in [0.25, 0.3) is 0 Å². The van der Waals surface area contributed by atoms with E-state index in [0.717, 1.165) is 7.11 Å². The zero-order valence-corrected chi connectivity index (χ0v) is 21.8. The minimum Gasteiger partial charge on any atom is -0.468 e. The van der Waals surface area contributed by atoms with E-state index in [0.29, 0.717) is 5.56 Å². The first-order valence-electron chi connectivity index (χ1n) is 12.6. The number of carbonyl (C=O) groups is 3. The number of esters is 2. The Kier molecular flexibility index (Phi) is 7.21. The highest BCUT2D eigenvalue weighted by Gasteiger charge is 2.51. The molecule has 0 aromatic heterocycles. The van der Waals surface area contributed by atoms with Crippen LogP contribution >= 0.6 is 0 Å². The van der Waals surface area contributed by atoms with Gasteiger partial charge in [0, 0.05) is 22.8 Å². The summed E-state index contributed by atoms with van der Waals surface area (Å²) < 4.78 is 40.7. The van der Waals surface area contributed by atoms with Crippen molar-refractivity contribution in [1.29, 1.82) is 0 Å². The SMILES string of the molecule is COC(=O)C1=C(N)N(c2ccccc2F)C2=C(C(=O)[C@H](C(=O)OC)[C@H](c3ccccc3)C2)[C@H]1c1ccccc1F. The second-order valence-corrected chi connectivity index (χ2v) is 9.48. The van der Waals surface area contributed by atoms with E-state index in [1.807, 2.05) is 0 Å². The number of nitrogens with two attached hydrogens (primary N) is 1. The molecule has 204 valence electrons. The molecule has 3 aromatic rings. The maximum absolute atomic E-state index is 15.4. The molecular weight excluding hydrogens is 518 g/mol. The molecular formula is C31H26F2N2O5. The van der Waals surface area contributed by atoms with E-state index in [4.69, 9.17) is 15.2 Å². The third kappa shape index (κ3) is 4.33. The number of allylic oxidation sites excluding steroid dienone is 2. The van der Waals surface area contributed by atoms with E-state index in [-0.39, 0.29) is 40.3 Å². The molecule has 0 saturated carbocycles. The van der Waals surface area contributed by atoms with Crippen molar-refractivity contribution in [3.63, 3.8) is 0 Å². The maximum Gasteiger partial charge on any atom is 0.338 e. The molecule has 0 amide bonds. The minimum atomic E-state index is -1.32. The number of Topliss-reactive ketones (excluding diaryl/α,β-unsaturated/α-hetero) is 1. The Hall–Kier alpha value is -4.79. The topological polar surface area (TPSA) is 98.9 Å². The summed E-state index contributed by atoms with van der Waals surface area (Å²) in [4.78, 5) is 42.1. The molecule has 40 heavy (non-hydrogen) atoms. The Morgan fingerprint density at radius 2 is 1.50 bits per heavy atom. The van der Waals surface area contributed by atoms with Gasteiger partial charge in [-0.25, -0.2) is 13.6 Å². The van der Waals surface area contributed by atoms with Crippen LogP contribution in [0.2, 0.25) is 0 Å². The second kappa shape index (κ2) is 10.8. The second-order valence-electron chi connectivity index (χ2n) is 9.48. The molecule has 2 N–H and O–H groups in total. The van der Waals surface area contributed by atoms with Gasteiger partial charge in [-0.3, -0.25) is 14.5 Å². The fraction of sp³-hybridized carbons (Fsp3) is 0.194. The van der Waals surface area contributed by atoms with Gasteiger partial charge in [-0.05, 0) is 30.2 Å². The van der Waals surface area contributed by atoms with Gasteiger partial charge in [0.05, 0.1) is 31.4 Å². The van der Waals surface area contributed by atoms with Crippen molar-refractivity contribution in [3.05, 3.63) is 124 Å². The predicted molar refractivity (Wildman–Crippen MR) is 143 cm³/mol. The lowest BCUT2D eigenvalue weighted by Gasteiger charge is -2.44. The summed E-state index contributed by atoms with van der Waals surface area (Å²) in [5.41, 5.74) is 7.22. The molecule has 0 fully saturated rings. The number of hydrogen-bond donors (Lipinski definition) is 1. The third-order valence-corrected chi connectivity index (χ3v) is 7.44. The zero-order valence-electron chi connectivity index (χ0n) is 21.8. The van der Waals surface area contributed by atoms with Gasteiger partial charge >= 0.3 is 11.9 Å². The molecule has 0 bridgehead atoms. The van der Waals surface area contributed by atoms with Crippen molar-refractivity contribution in [2.24, 2.45) is 11.7 Å². The van der Waals surface area contributed by atoms with Crippen LogP contribution < -0.4 is 10.6 Å². The lowest BCUT2D eigenvalue weighted by molar-refractivity contribution is -0.150. The van der Waals surface area contributed by atoms with Gasteiger partial charge in [0.1, 0.15) is 23.4 Å². The van der Waals surface area contributed by atoms with Crippen molar-refractivity contribution in [2.75, 3.05) is 19.1 Å². The summed E-state index contributed by atoms with van der Waals surface area (Å²) in [6.45, 7) is 0. The van der Waals surface area contributed by atoms with Crippen molar-refractivity contribution in [2.45, 2.75) is 18.3 Å². The van der Waals surface area contributed by atoms with E-state index < -0.39 is 47.1 Å². The van der Waals surface area contributed by atoms with Gasteiger partial charge < -0.3 is 15.2 Å². The van der Waals surface area contributed by atoms with E-state index in [2.05, 4.69) is 0 Å². The van der Waals surface area contributed by atoms with E-state index in [1.165, 1.54) is 48.4 Å². The molecule has 9 heteroatoms. The number of halogens is 2. The number of ether oxygens (including phenoxy) is 2. The minimum absolute atomic E-state index is 0.0124. The average Bonchev–Trinajstić information content (AvgIpc) is 2.97. The monoisotopic (exact) mass is 544 g/mol. The molecule has 7 nitrogen and oxygen atoms in total. The largest absolute Gasteiger partial charge is 0.468 e. The van der Waals surface area contributed by atoms with Gasteiger partial charge in [0.2, 0.25) is 0 Å². The number of methoxy groups -OCH3 is 2. The third-order valence-electron chi connectivity index (χ3n) is 7.44. The quantitative estimate of drug-likeness (QED) is 0.367. The van der Waals surface area contributed by atoms with Crippen LogP contribution in [-0.2, 0) is 23.9 Å². The van der Waals surface area contributed by atoms with Gasteiger partial charge in [-0.1, -0.05) is 60.7 Å². The Labute approximate surface area is 229 Å². The lowest BCUT2D eigenvalue weighted by atomic mass is 9.67. The average molecular weight is 545 g/mol.